The molecule has 8 rings (SSSR count). The largest absolute Gasteiger partial charge is 0.265 e. The van der Waals surface area contributed by atoms with Crippen LogP contribution in [0.4, 0.5) is 0 Å². The van der Waals surface area contributed by atoms with Gasteiger partial charge in [-0.15, -0.1) is 0 Å². The Hall–Kier alpha value is -5.60. The highest BCUT2D eigenvalue weighted by molar-refractivity contribution is 6.04. The van der Waals surface area contributed by atoms with Crippen LogP contribution >= 0.6 is 0 Å². The van der Waals surface area contributed by atoms with Crippen LogP contribution in [0.3, 0.4) is 0 Å². The third-order valence-electron chi connectivity index (χ3n) is 8.16. The lowest BCUT2D eigenvalue weighted by atomic mass is 9.92. The van der Waals surface area contributed by atoms with Crippen molar-refractivity contribution in [2.75, 3.05) is 0 Å². The van der Waals surface area contributed by atoms with Crippen molar-refractivity contribution in [3.8, 4) is 44.6 Å². The second kappa shape index (κ2) is 10.1. The van der Waals surface area contributed by atoms with Crippen LogP contribution in [0.5, 0.6) is 0 Å². The maximum Gasteiger partial charge on any atom is 0.0722 e. The lowest BCUT2D eigenvalue weighted by Gasteiger charge is -2.15. The molecule has 0 spiro atoms. The van der Waals surface area contributed by atoms with Gasteiger partial charge in [0.1, 0.15) is 0 Å². The molecule has 0 saturated heterocycles. The van der Waals surface area contributed by atoms with Gasteiger partial charge in [0.2, 0.25) is 0 Å². The van der Waals surface area contributed by atoms with Gasteiger partial charge >= 0.3 is 0 Å². The Morgan fingerprint density at radius 1 is 0.357 bits per heavy atom. The number of aromatic nitrogens is 2. The molecule has 6 aromatic carbocycles. The Bertz CT molecular complexity index is 2240. The molecule has 2 heterocycles. The van der Waals surface area contributed by atoms with Crippen LogP contribution in [-0.4, -0.2) is 9.97 Å². The molecule has 196 valence electrons. The number of hydrogen-bond donors (Lipinski definition) is 0. The van der Waals surface area contributed by atoms with Crippen molar-refractivity contribution in [2.24, 2.45) is 0 Å². The number of fused-ring (bicyclic) bond motifs is 3. The van der Waals surface area contributed by atoms with E-state index >= 15 is 0 Å². The predicted molar refractivity (Wildman–Crippen MR) is 176 cm³/mol. The van der Waals surface area contributed by atoms with Crippen molar-refractivity contribution in [1.82, 2.24) is 9.97 Å². The summed E-state index contributed by atoms with van der Waals surface area (Å²) < 4.78 is 0. The summed E-state index contributed by atoms with van der Waals surface area (Å²) in [6.07, 6.45) is 3.69. The van der Waals surface area contributed by atoms with E-state index in [0.717, 1.165) is 38.9 Å². The third-order valence-corrected chi connectivity index (χ3v) is 8.16. The molecule has 8 aromatic rings. The zero-order valence-corrected chi connectivity index (χ0v) is 22.9. The van der Waals surface area contributed by atoms with Crippen LogP contribution in [0, 0.1) is 0 Å². The third kappa shape index (κ3) is 4.22. The summed E-state index contributed by atoms with van der Waals surface area (Å²) in [5.74, 6) is 0. The molecular formula is C40H26N2. The van der Waals surface area contributed by atoms with Gasteiger partial charge in [-0.2, -0.15) is 0 Å². The molecule has 0 N–H and O–H groups in total. The van der Waals surface area contributed by atoms with E-state index in [4.69, 9.17) is 4.98 Å². The molecule has 0 fully saturated rings. The standard InChI is InChI=1S/C40H26N2/c1-3-14-33-28(8-1)10-6-16-35(33)32-18-19-39-38(25-32)37(31-13-5-12-30(24-31)27-20-22-41-23-21-27)26-40(42-39)36-17-7-11-29-9-2-4-15-34(29)36/h1-26H. The lowest BCUT2D eigenvalue weighted by molar-refractivity contribution is 1.33. The maximum absolute atomic E-state index is 5.25. The molecule has 0 unspecified atom stereocenters. The number of nitrogens with zero attached hydrogens (tertiary/aromatic N) is 2. The van der Waals surface area contributed by atoms with Crippen LogP contribution in [0.1, 0.15) is 0 Å². The summed E-state index contributed by atoms with van der Waals surface area (Å²) in [7, 11) is 0. The molecule has 42 heavy (non-hydrogen) atoms. The summed E-state index contributed by atoms with van der Waals surface area (Å²) in [5.41, 5.74) is 10.1. The first kappa shape index (κ1) is 24.2. The van der Waals surface area contributed by atoms with Crippen molar-refractivity contribution < 1.29 is 0 Å². The van der Waals surface area contributed by atoms with Gasteiger partial charge < -0.3 is 0 Å². The summed E-state index contributed by atoms with van der Waals surface area (Å²) in [6.45, 7) is 0. The summed E-state index contributed by atoms with van der Waals surface area (Å²) in [5, 5.41) is 6.04. The van der Waals surface area contributed by atoms with E-state index in [9.17, 15) is 0 Å². The maximum atomic E-state index is 5.25. The fraction of sp³-hybridized carbons (Fsp3) is 0. The van der Waals surface area contributed by atoms with Crippen molar-refractivity contribution >= 4 is 32.4 Å². The van der Waals surface area contributed by atoms with Gasteiger partial charge in [-0.3, -0.25) is 4.98 Å². The molecule has 0 aliphatic heterocycles. The minimum Gasteiger partial charge on any atom is -0.265 e. The van der Waals surface area contributed by atoms with E-state index in [2.05, 4.69) is 151 Å². The highest BCUT2D eigenvalue weighted by atomic mass is 14.7. The Kier molecular flexibility index (Phi) is 5.82. The normalized spacial score (nSPS) is 11.3. The molecule has 0 saturated carbocycles. The van der Waals surface area contributed by atoms with Crippen molar-refractivity contribution in [2.45, 2.75) is 0 Å². The molecular weight excluding hydrogens is 508 g/mol. The second-order valence-electron chi connectivity index (χ2n) is 10.7. The van der Waals surface area contributed by atoms with Gasteiger partial charge in [0.15, 0.2) is 0 Å². The van der Waals surface area contributed by atoms with E-state index in [1.54, 1.807) is 0 Å². The van der Waals surface area contributed by atoms with E-state index in [-0.39, 0.29) is 0 Å². The van der Waals surface area contributed by atoms with Gasteiger partial charge in [-0.05, 0) is 91.3 Å². The number of hydrogen-bond acceptors (Lipinski definition) is 2. The van der Waals surface area contributed by atoms with Crippen molar-refractivity contribution in [3.63, 3.8) is 0 Å². The molecule has 0 bridgehead atoms. The first-order valence-corrected chi connectivity index (χ1v) is 14.2. The minimum atomic E-state index is 0.974. The van der Waals surface area contributed by atoms with Gasteiger partial charge in [0.25, 0.3) is 0 Å². The quantitative estimate of drug-likeness (QED) is 0.224. The first-order valence-electron chi connectivity index (χ1n) is 14.2. The number of pyridine rings is 2. The summed E-state index contributed by atoms with van der Waals surface area (Å²) in [4.78, 5) is 9.47. The molecule has 0 atom stereocenters. The van der Waals surface area contributed by atoms with E-state index < -0.39 is 0 Å². The van der Waals surface area contributed by atoms with E-state index in [0.29, 0.717) is 0 Å². The monoisotopic (exact) mass is 534 g/mol. The zero-order valence-electron chi connectivity index (χ0n) is 22.9. The van der Waals surface area contributed by atoms with Gasteiger partial charge in [0.05, 0.1) is 11.2 Å². The van der Waals surface area contributed by atoms with Gasteiger partial charge in [0, 0.05) is 23.3 Å². The first-order chi connectivity index (χ1) is 20.8. The second-order valence-corrected chi connectivity index (χ2v) is 10.7. The summed E-state index contributed by atoms with van der Waals surface area (Å²) >= 11 is 0. The average Bonchev–Trinajstić information content (AvgIpc) is 3.07. The molecule has 0 amide bonds. The topological polar surface area (TPSA) is 25.8 Å². The van der Waals surface area contributed by atoms with Crippen LogP contribution in [0.25, 0.3) is 77.1 Å². The van der Waals surface area contributed by atoms with Gasteiger partial charge in [-0.1, -0.05) is 109 Å². The fourth-order valence-corrected chi connectivity index (χ4v) is 6.11. The van der Waals surface area contributed by atoms with Crippen molar-refractivity contribution in [1.29, 1.82) is 0 Å². The molecule has 0 aliphatic carbocycles. The van der Waals surface area contributed by atoms with Gasteiger partial charge in [-0.25, -0.2) is 4.98 Å². The SMILES string of the molecule is c1cc(-c2ccncc2)cc(-c2cc(-c3cccc4ccccc34)nc3ccc(-c4cccc5ccccc45)cc23)c1. The Balaban J connectivity index is 1.39. The smallest absolute Gasteiger partial charge is 0.0722 e. The average molecular weight is 535 g/mol. The molecule has 2 heteroatoms. The fourth-order valence-electron chi connectivity index (χ4n) is 6.11. The van der Waals surface area contributed by atoms with Crippen LogP contribution in [0.2, 0.25) is 0 Å². The molecule has 0 aliphatic rings. The predicted octanol–water partition coefficient (Wildman–Crippen LogP) is 10.6. The Morgan fingerprint density at radius 3 is 1.76 bits per heavy atom. The summed E-state index contributed by atoms with van der Waals surface area (Å²) in [6, 6.07) is 52.0. The number of rotatable bonds is 4. The Labute approximate surface area is 244 Å². The molecule has 2 aromatic heterocycles. The minimum absolute atomic E-state index is 0.974. The van der Waals surface area contributed by atoms with Crippen molar-refractivity contribution in [3.05, 3.63) is 158 Å². The molecule has 0 radical (unpaired) electrons. The molecule has 2 nitrogen and oxygen atoms in total. The highest BCUT2D eigenvalue weighted by Crippen LogP contribution is 2.38. The highest BCUT2D eigenvalue weighted by Gasteiger charge is 2.14. The van der Waals surface area contributed by atoms with Crippen LogP contribution < -0.4 is 0 Å². The number of benzene rings is 6. The van der Waals surface area contributed by atoms with E-state index in [1.165, 1.54) is 38.2 Å². The lowest BCUT2D eigenvalue weighted by Crippen LogP contribution is -1.92. The van der Waals surface area contributed by atoms with E-state index in [1.807, 2.05) is 12.4 Å². The van der Waals surface area contributed by atoms with Crippen LogP contribution in [0.15, 0.2) is 158 Å². The zero-order chi connectivity index (χ0) is 27.9. The Morgan fingerprint density at radius 2 is 0.976 bits per heavy atom. The van der Waals surface area contributed by atoms with Crippen LogP contribution in [-0.2, 0) is 0 Å².